The van der Waals surface area contributed by atoms with Crippen molar-refractivity contribution >= 4 is 28.7 Å². The summed E-state index contributed by atoms with van der Waals surface area (Å²) < 4.78 is 5.56. The summed E-state index contributed by atoms with van der Waals surface area (Å²) in [5.41, 5.74) is 2.45. The summed E-state index contributed by atoms with van der Waals surface area (Å²) in [6, 6.07) is 4.94. The highest BCUT2D eigenvalue weighted by atomic mass is 16.4. The molecule has 0 aliphatic carbocycles. The van der Waals surface area contributed by atoms with Crippen LogP contribution in [0.5, 0.6) is 0 Å². The molecule has 3 N–H and O–H groups in total. The van der Waals surface area contributed by atoms with Crippen molar-refractivity contribution in [3.8, 4) is 0 Å². The minimum Gasteiger partial charge on any atom is -0.481 e. The van der Waals surface area contributed by atoms with Crippen LogP contribution in [0.1, 0.15) is 17.7 Å². The number of anilines is 1. The zero-order chi connectivity index (χ0) is 14.7. The third-order valence-electron chi connectivity index (χ3n) is 3.06. The summed E-state index contributed by atoms with van der Waals surface area (Å²) in [7, 11) is 0. The molecule has 0 bridgehead atoms. The molecule has 0 saturated heterocycles. The number of rotatable bonds is 4. The molecule has 2 amide bonds. The molecule has 6 nitrogen and oxygen atoms in total. The molecule has 2 aromatic rings. The minimum absolute atomic E-state index is 0.0905. The fraction of sp³-hybridized carbons (Fsp3) is 0.286. The van der Waals surface area contributed by atoms with Gasteiger partial charge in [-0.15, -0.1) is 0 Å². The third kappa shape index (κ3) is 3.09. The van der Waals surface area contributed by atoms with E-state index in [1.54, 1.807) is 12.1 Å². The van der Waals surface area contributed by atoms with E-state index < -0.39 is 12.0 Å². The fourth-order valence-corrected chi connectivity index (χ4v) is 1.88. The van der Waals surface area contributed by atoms with E-state index in [0.29, 0.717) is 5.69 Å². The van der Waals surface area contributed by atoms with Gasteiger partial charge in [0.1, 0.15) is 11.3 Å². The molecule has 0 radical (unpaired) electrons. The van der Waals surface area contributed by atoms with Crippen LogP contribution in [0.3, 0.4) is 0 Å². The number of furan rings is 1. The van der Waals surface area contributed by atoms with Gasteiger partial charge in [-0.2, -0.15) is 0 Å². The molecule has 6 heteroatoms. The number of hydrogen-bond donors (Lipinski definition) is 3. The summed E-state index contributed by atoms with van der Waals surface area (Å²) in [5.74, 6) is -0.0979. The van der Waals surface area contributed by atoms with Crippen molar-refractivity contribution in [3.63, 3.8) is 0 Å². The van der Waals surface area contributed by atoms with E-state index in [1.165, 1.54) is 0 Å². The Hall–Kier alpha value is -2.50. The molecule has 0 fully saturated rings. The molecule has 0 unspecified atom stereocenters. The number of carboxylic acids is 1. The number of urea groups is 1. The quantitative estimate of drug-likeness (QED) is 0.800. The Morgan fingerprint density at radius 1 is 1.30 bits per heavy atom. The topological polar surface area (TPSA) is 91.6 Å². The Kier molecular flexibility index (Phi) is 3.93. The van der Waals surface area contributed by atoms with Crippen molar-refractivity contribution in [1.29, 1.82) is 0 Å². The van der Waals surface area contributed by atoms with Crippen LogP contribution in [0.15, 0.2) is 22.6 Å². The second-order valence-electron chi connectivity index (χ2n) is 4.52. The zero-order valence-corrected chi connectivity index (χ0v) is 11.3. The average molecular weight is 276 g/mol. The lowest BCUT2D eigenvalue weighted by molar-refractivity contribution is -0.136. The third-order valence-corrected chi connectivity index (χ3v) is 3.06. The summed E-state index contributed by atoms with van der Waals surface area (Å²) in [5, 5.41) is 14.6. The van der Waals surface area contributed by atoms with Gasteiger partial charge in [-0.05, 0) is 37.6 Å². The van der Waals surface area contributed by atoms with Gasteiger partial charge >= 0.3 is 12.0 Å². The first-order valence-corrected chi connectivity index (χ1v) is 6.24. The van der Waals surface area contributed by atoms with E-state index in [2.05, 4.69) is 10.6 Å². The van der Waals surface area contributed by atoms with Gasteiger partial charge in [-0.1, -0.05) is 0 Å². The highest BCUT2D eigenvalue weighted by Gasteiger charge is 2.09. The molecule has 0 spiro atoms. The van der Waals surface area contributed by atoms with Crippen molar-refractivity contribution in [2.45, 2.75) is 20.3 Å². The van der Waals surface area contributed by atoms with Gasteiger partial charge in [0.2, 0.25) is 0 Å². The largest absolute Gasteiger partial charge is 0.481 e. The van der Waals surface area contributed by atoms with E-state index in [-0.39, 0.29) is 13.0 Å². The van der Waals surface area contributed by atoms with Gasteiger partial charge in [0.15, 0.2) is 0 Å². The van der Waals surface area contributed by atoms with Crippen LogP contribution in [0.25, 0.3) is 11.0 Å². The van der Waals surface area contributed by atoms with Crippen molar-refractivity contribution in [2.75, 3.05) is 11.9 Å². The summed E-state index contributed by atoms with van der Waals surface area (Å²) >= 11 is 0. The number of aryl methyl sites for hydroxylation is 2. The van der Waals surface area contributed by atoms with Crippen molar-refractivity contribution in [3.05, 3.63) is 29.5 Å². The second-order valence-corrected chi connectivity index (χ2v) is 4.52. The molecule has 0 atom stereocenters. The molecular weight excluding hydrogens is 260 g/mol. The van der Waals surface area contributed by atoms with Crippen LogP contribution in [0.4, 0.5) is 10.5 Å². The molecule has 0 saturated carbocycles. The minimum atomic E-state index is -0.948. The summed E-state index contributed by atoms with van der Waals surface area (Å²) in [4.78, 5) is 21.9. The first-order chi connectivity index (χ1) is 9.47. The number of amides is 2. The maximum absolute atomic E-state index is 11.6. The lowest BCUT2D eigenvalue weighted by Gasteiger charge is -2.06. The van der Waals surface area contributed by atoms with E-state index in [1.807, 2.05) is 19.9 Å². The van der Waals surface area contributed by atoms with Crippen molar-refractivity contribution < 1.29 is 19.1 Å². The average Bonchev–Trinajstić information content (AvgIpc) is 2.65. The van der Waals surface area contributed by atoms with Gasteiger partial charge in [0, 0.05) is 17.6 Å². The first kappa shape index (κ1) is 13.9. The normalized spacial score (nSPS) is 10.5. The molecule has 20 heavy (non-hydrogen) atoms. The molecule has 2 rings (SSSR count). The number of nitrogens with one attached hydrogen (secondary N) is 2. The van der Waals surface area contributed by atoms with Crippen molar-refractivity contribution in [2.24, 2.45) is 0 Å². The highest BCUT2D eigenvalue weighted by Crippen LogP contribution is 2.27. The standard InChI is InChI=1S/C14H16N2O4/c1-8-9(2)20-12-4-3-10(7-11(8)12)16-14(19)15-6-5-13(17)18/h3-4,7H,5-6H2,1-2H3,(H,17,18)(H2,15,16,19). The highest BCUT2D eigenvalue weighted by molar-refractivity contribution is 5.93. The number of carboxylic acid groups (broad SMARTS) is 1. The number of carbonyl (C=O) groups is 2. The molecule has 1 heterocycles. The Balaban J connectivity index is 2.04. The Morgan fingerprint density at radius 3 is 2.75 bits per heavy atom. The Morgan fingerprint density at radius 2 is 2.05 bits per heavy atom. The first-order valence-electron chi connectivity index (χ1n) is 6.24. The number of carbonyl (C=O) groups excluding carboxylic acids is 1. The predicted octanol–water partition coefficient (Wildman–Crippen LogP) is 2.65. The van der Waals surface area contributed by atoms with E-state index in [0.717, 1.165) is 22.3 Å². The molecule has 1 aromatic carbocycles. The Labute approximate surface area is 115 Å². The maximum Gasteiger partial charge on any atom is 0.319 e. The lowest BCUT2D eigenvalue weighted by atomic mass is 10.1. The lowest BCUT2D eigenvalue weighted by Crippen LogP contribution is -2.30. The van der Waals surface area contributed by atoms with Crippen LogP contribution in [-0.2, 0) is 4.79 Å². The fourth-order valence-electron chi connectivity index (χ4n) is 1.88. The van der Waals surface area contributed by atoms with Gasteiger partial charge in [-0.3, -0.25) is 4.79 Å². The summed E-state index contributed by atoms with van der Waals surface area (Å²) in [6.45, 7) is 3.94. The van der Waals surface area contributed by atoms with E-state index in [9.17, 15) is 9.59 Å². The molecule has 106 valence electrons. The summed E-state index contributed by atoms with van der Waals surface area (Å²) in [6.07, 6.45) is -0.105. The predicted molar refractivity (Wildman–Crippen MR) is 75.0 cm³/mol. The monoisotopic (exact) mass is 276 g/mol. The van der Waals surface area contributed by atoms with Gasteiger partial charge in [-0.25, -0.2) is 4.79 Å². The molecular formula is C14H16N2O4. The smallest absolute Gasteiger partial charge is 0.319 e. The number of hydrogen-bond acceptors (Lipinski definition) is 3. The molecule has 1 aromatic heterocycles. The zero-order valence-electron chi connectivity index (χ0n) is 11.3. The number of fused-ring (bicyclic) bond motifs is 1. The van der Waals surface area contributed by atoms with Crippen LogP contribution in [-0.4, -0.2) is 23.7 Å². The molecule has 0 aliphatic rings. The van der Waals surface area contributed by atoms with Gasteiger partial charge < -0.3 is 20.2 Å². The van der Waals surface area contributed by atoms with Crippen LogP contribution < -0.4 is 10.6 Å². The second kappa shape index (κ2) is 5.64. The number of benzene rings is 1. The van der Waals surface area contributed by atoms with Crippen molar-refractivity contribution in [1.82, 2.24) is 5.32 Å². The Bertz CT molecular complexity index is 660. The van der Waals surface area contributed by atoms with E-state index in [4.69, 9.17) is 9.52 Å². The number of aliphatic carboxylic acids is 1. The maximum atomic E-state index is 11.6. The van der Waals surface area contributed by atoms with Gasteiger partial charge in [0.25, 0.3) is 0 Å². The van der Waals surface area contributed by atoms with Gasteiger partial charge in [0.05, 0.1) is 6.42 Å². The SMILES string of the molecule is Cc1oc2ccc(NC(=O)NCCC(=O)O)cc2c1C. The van der Waals surface area contributed by atoms with E-state index >= 15 is 0 Å². The van der Waals surface area contributed by atoms with Crippen LogP contribution in [0, 0.1) is 13.8 Å². The van der Waals surface area contributed by atoms with Crippen LogP contribution in [0.2, 0.25) is 0 Å². The molecule has 0 aliphatic heterocycles. The van der Waals surface area contributed by atoms with Crippen LogP contribution >= 0.6 is 0 Å².